The summed E-state index contributed by atoms with van der Waals surface area (Å²) in [7, 11) is -6.58. The first-order valence-corrected chi connectivity index (χ1v) is 57.1. The van der Waals surface area contributed by atoms with E-state index >= 15 is 0 Å². The average Bonchev–Trinajstić information content (AvgIpc) is 0.730. The molecule has 5 N–H and O–H groups in total. The summed E-state index contributed by atoms with van der Waals surface area (Å²) in [6.45, 7) is 53.2. The molecule has 8 bridgehead atoms. The second kappa shape index (κ2) is 50.0. The maximum atomic E-state index is 12.8. The largest absolute Gasteiger partial charge is 1.00 e. The van der Waals surface area contributed by atoms with Crippen LogP contribution in [0.2, 0.25) is 0 Å². The number of nitrogens with one attached hydrogen (secondary N) is 1. The molecule has 0 aliphatic heterocycles. The highest BCUT2D eigenvalue weighted by atomic mass is 127. The first kappa shape index (κ1) is 122. The Morgan fingerprint density at radius 1 is 0.380 bits per heavy atom. The average molecular weight is 2170 g/mol. The molecule has 8 fully saturated rings. The zero-order valence-corrected chi connectivity index (χ0v) is 95.3. The molecule has 9 aromatic carbocycles. The number of carbonyl (C=O) groups excluding carboxylic acids is 2. The number of rotatable bonds is 22. The molecule has 4 unspecified atom stereocenters. The van der Waals surface area contributed by atoms with E-state index in [-0.39, 0.29) is 131 Å². The van der Waals surface area contributed by atoms with E-state index in [1.807, 2.05) is 0 Å². The van der Waals surface area contributed by atoms with Gasteiger partial charge in [-0.05, 0) is 297 Å². The van der Waals surface area contributed by atoms with Gasteiger partial charge in [0.05, 0.1) is 83.8 Å². The van der Waals surface area contributed by atoms with Crippen LogP contribution in [0.4, 0.5) is 17.6 Å². The second-order valence-corrected chi connectivity index (χ2v) is 56.8. The smallest absolute Gasteiger partial charge is 0.376 e. The van der Waals surface area contributed by atoms with E-state index in [1.54, 1.807) is 4.90 Å². The molecule has 0 heterocycles. The van der Waals surface area contributed by atoms with Crippen molar-refractivity contribution in [3.63, 3.8) is 0 Å². The number of quaternary nitrogens is 1. The molecule has 142 heavy (non-hydrogen) atoms. The van der Waals surface area contributed by atoms with Crippen LogP contribution in [0.1, 0.15) is 284 Å². The van der Waals surface area contributed by atoms with E-state index in [0.29, 0.717) is 50.4 Å². The van der Waals surface area contributed by atoms with Crippen molar-refractivity contribution in [3.05, 3.63) is 270 Å². The minimum absolute atomic E-state index is 0. The lowest BCUT2D eigenvalue weighted by molar-refractivity contribution is -0.875. The van der Waals surface area contributed by atoms with E-state index < -0.39 is 55.0 Å². The molecule has 17 rings (SSSR count). The Hall–Kier alpha value is -6.80. The molecule has 8 aliphatic rings. The summed E-state index contributed by atoms with van der Waals surface area (Å²) in [5.41, 5.74) is 7.53. The first-order valence-electron chi connectivity index (χ1n) is 49.9. The Balaban J connectivity index is 0.000000229. The Bertz CT molecular complexity index is 4930. The summed E-state index contributed by atoms with van der Waals surface area (Å²) >= 11 is 0. The van der Waals surface area contributed by atoms with Crippen LogP contribution in [-0.4, -0.2) is 124 Å². The summed E-state index contributed by atoms with van der Waals surface area (Å²) in [5.74, 6) is -8.06. The highest BCUT2D eigenvalue weighted by Crippen LogP contribution is 2.63. The molecule has 4 atom stereocenters. The van der Waals surface area contributed by atoms with E-state index in [9.17, 15) is 54.5 Å². The lowest BCUT2D eigenvalue weighted by Gasteiger charge is -2.59. The van der Waals surface area contributed by atoms with Crippen LogP contribution >= 0.6 is 0 Å². The van der Waals surface area contributed by atoms with Crippen LogP contribution in [0.3, 0.4) is 0 Å². The molecule has 0 radical (unpaired) electrons. The summed E-state index contributed by atoms with van der Waals surface area (Å²) in [5, 5.41) is 29.0. The third-order valence-electron chi connectivity index (χ3n) is 27.5. The zero-order chi connectivity index (χ0) is 105. The van der Waals surface area contributed by atoms with Gasteiger partial charge in [-0.15, -0.1) is 4.33 Å². The van der Waals surface area contributed by atoms with Crippen LogP contribution in [0.5, 0.6) is 0 Å². The van der Waals surface area contributed by atoms with Crippen molar-refractivity contribution in [2.45, 2.75) is 350 Å². The van der Waals surface area contributed by atoms with E-state index in [2.05, 4.69) is 391 Å². The number of carbonyl (C=O) groups is 2. The van der Waals surface area contributed by atoms with Crippen LogP contribution in [0.25, 0.3) is 0 Å². The lowest BCUT2D eigenvalue weighted by atomic mass is 9.48. The maximum absolute atomic E-state index is 12.8. The number of ether oxygens (including phenoxy) is 2. The zero-order valence-electron chi connectivity index (χ0n) is 89.1. The van der Waals surface area contributed by atoms with Crippen molar-refractivity contribution in [2.75, 3.05) is 51.5 Å². The third kappa shape index (κ3) is 36.3. The Kier molecular flexibility index (Phi) is 43.0. The molecular weight excluding hydrogens is 2010 g/mol. The topological polar surface area (TPSA) is 231 Å². The molecule has 9 aromatic rings. The molecule has 0 saturated heterocycles. The van der Waals surface area contributed by atoms with Crippen molar-refractivity contribution < 1.29 is 111 Å². The van der Waals surface area contributed by atoms with E-state index in [1.165, 1.54) is 111 Å². The van der Waals surface area contributed by atoms with Gasteiger partial charge in [-0.25, -0.2) is 27.5 Å². The molecule has 0 aromatic heterocycles. The Labute approximate surface area is 874 Å². The predicted molar refractivity (Wildman–Crippen MR) is 569 cm³/mol. The van der Waals surface area contributed by atoms with E-state index in [4.69, 9.17) is 19.3 Å². The highest BCUT2D eigenvalue weighted by molar-refractivity contribution is 8.10. The van der Waals surface area contributed by atoms with Crippen molar-refractivity contribution in [1.29, 1.82) is 0 Å². The number of benzene rings is 9. The monoisotopic (exact) mass is 2170 g/mol. The second-order valence-electron chi connectivity index (χ2n) is 46.1. The fraction of sp³-hybridized carbons (Fsp3) is 0.521. The van der Waals surface area contributed by atoms with Crippen molar-refractivity contribution in [3.8, 4) is 0 Å². The molecule has 25 heteroatoms. The molecular formula is C117H164F4INO14S5+2. The SMILES string of the molecule is CC(C)(C)c1ccc([S+](c2ccccc2)c2ccc(C(C)(C)C)cc2)cc1.CC(C)(C)c1ccc([S+](c2ccccc2)c2ccc(C(C)(C)C)cc2)cc1.CC(C)(C)c1ccc([S+](c2ccccc2)c2ccc(C(C)(C)C)cc2)cc1.CC(F)(F)C(=O)OCC12CC3CC(CC(O)(C3)C1)C2.CC(F)(F)C(=O)OCC12CC3CC(CC(O)(C3)C1)C2.CCOS(=O)(=O)[O-].CCS(=O)(O)(CC)OO.CC[NH+](C)CC.[I-]. The maximum Gasteiger partial charge on any atom is 0.376 e. The number of hydrogen-bond donors (Lipinski definition) is 5. The quantitative estimate of drug-likeness (QED) is 0.00621. The van der Waals surface area contributed by atoms with Crippen LogP contribution in [0.15, 0.2) is 281 Å². The highest BCUT2D eigenvalue weighted by Gasteiger charge is 2.60. The number of halogens is 5. The minimum atomic E-state index is -4.42. The summed E-state index contributed by atoms with van der Waals surface area (Å²) in [6.07, 6.45) is 10.3. The molecule has 0 amide bonds. The minimum Gasteiger partial charge on any atom is -1.00 e. The standard InChI is InChI=1S/3C26H31S.2C14H20F2O3.C5H13N.C4H12O4S.C2H6O4S.HI/c3*1-25(2,3)20-12-16-23(17-13-20)27(22-10-8-7-9-11-22)24-18-14-21(15-19-24)26(4,5)6;2*1-12(15,16)11(17)19-8-13-3-9-2-10(4-13)6-14(18,5-9)7-13;1-4-6(3)5-2;1-3-9(6,7,4-2)8-5;1-2-6-7(3,4)5;/h3*7-19H,1-6H3;2*9-10,18H,2-8H2,1H3;4-5H2,1-3H3;5H,3-4H2,1-2H3,(H,6,7);2H2,1H3,(H,3,4,5);1H/q3*+1;;;;;;/p-1. The van der Waals surface area contributed by atoms with Gasteiger partial charge in [-0.2, -0.15) is 17.6 Å². The van der Waals surface area contributed by atoms with Gasteiger partial charge in [0.1, 0.15) is 9.63 Å². The summed E-state index contributed by atoms with van der Waals surface area (Å²) in [4.78, 5) is 36.3. The van der Waals surface area contributed by atoms with Gasteiger partial charge in [0.25, 0.3) is 0 Å². The van der Waals surface area contributed by atoms with Gasteiger partial charge in [0, 0.05) is 36.2 Å². The number of hydrogen-bond acceptors (Lipinski definition) is 13. The molecule has 0 spiro atoms. The van der Waals surface area contributed by atoms with Crippen LogP contribution in [0, 0.1) is 34.5 Å². The molecule has 8 aliphatic carbocycles. The lowest BCUT2D eigenvalue weighted by Crippen LogP contribution is -3.08. The van der Waals surface area contributed by atoms with Gasteiger partial charge < -0.3 is 57.7 Å². The number of esters is 2. The van der Waals surface area contributed by atoms with Crippen molar-refractivity contribution >= 4 is 64.7 Å². The van der Waals surface area contributed by atoms with Crippen molar-refractivity contribution in [2.24, 2.45) is 34.5 Å². The predicted octanol–water partition coefficient (Wildman–Crippen LogP) is 23.9. The van der Waals surface area contributed by atoms with Crippen LogP contribution in [-0.2, 0) is 113 Å². The van der Waals surface area contributed by atoms with Gasteiger partial charge in [-0.1, -0.05) is 266 Å². The Morgan fingerprint density at radius 3 is 0.704 bits per heavy atom. The number of alkyl halides is 4. The van der Waals surface area contributed by atoms with Gasteiger partial charge >= 0.3 is 23.8 Å². The summed E-state index contributed by atoms with van der Waals surface area (Å²) < 4.78 is 116. The molecule has 784 valence electrons. The molecule has 8 saturated carbocycles. The fourth-order valence-corrected chi connectivity index (χ4v) is 27.1. The third-order valence-corrected chi connectivity index (χ3v) is 37.3. The van der Waals surface area contributed by atoms with E-state index in [0.717, 1.165) is 64.2 Å². The van der Waals surface area contributed by atoms with Gasteiger partial charge in [0.2, 0.25) is 10.4 Å². The molecule has 15 nitrogen and oxygen atoms in total. The van der Waals surface area contributed by atoms with Crippen molar-refractivity contribution in [1.82, 2.24) is 0 Å². The van der Waals surface area contributed by atoms with Crippen LogP contribution < -0.4 is 28.9 Å². The fourth-order valence-electron chi connectivity index (χ4n) is 20.0. The first-order chi connectivity index (χ1) is 65.2. The van der Waals surface area contributed by atoms with Gasteiger partial charge in [-0.3, -0.25) is 4.18 Å². The normalized spacial score (nSPS) is 21.0. The van der Waals surface area contributed by atoms with Gasteiger partial charge in [0.15, 0.2) is 44.1 Å². The Morgan fingerprint density at radius 2 is 0.577 bits per heavy atom. The summed E-state index contributed by atoms with van der Waals surface area (Å²) in [6, 6.07) is 87.9. The number of aliphatic hydroxyl groups is 2.